The van der Waals surface area contributed by atoms with Gasteiger partial charge in [-0.3, -0.25) is 9.98 Å². The molecule has 0 heterocycles. The lowest BCUT2D eigenvalue weighted by Gasteiger charge is -2.19. The van der Waals surface area contributed by atoms with E-state index in [0.29, 0.717) is 5.56 Å². The zero-order valence-electron chi connectivity index (χ0n) is 18.3. The molecule has 3 aromatic rings. The molecular formula is C21H20N4O9S2. The Hall–Kier alpha value is -3.86. The molecule has 3 aromatic carbocycles. The molecule has 15 heteroatoms. The number of nitrogens with one attached hydrogen (secondary N) is 1. The monoisotopic (exact) mass is 536 g/mol. The van der Waals surface area contributed by atoms with E-state index < -0.39 is 42.3 Å². The molecule has 0 atom stereocenters. The quantitative estimate of drug-likeness (QED) is 0.0546. The van der Waals surface area contributed by atoms with Crippen molar-refractivity contribution < 1.29 is 41.6 Å². The number of benzene rings is 3. The van der Waals surface area contributed by atoms with Gasteiger partial charge in [0.1, 0.15) is 22.3 Å². The Kier molecular flexibility index (Phi) is 7.73. The molecule has 0 bridgehead atoms. The summed E-state index contributed by atoms with van der Waals surface area (Å²) in [6, 6.07) is 13.3. The number of hydrogen-bond acceptors (Lipinski definition) is 10. The van der Waals surface area contributed by atoms with Crippen LogP contribution < -0.4 is 5.43 Å². The molecule has 0 aliphatic rings. The van der Waals surface area contributed by atoms with Crippen molar-refractivity contribution >= 4 is 44.2 Å². The largest absolute Gasteiger partial charge is 0.505 e. The van der Waals surface area contributed by atoms with Crippen LogP contribution in [-0.4, -0.2) is 48.6 Å². The van der Waals surface area contributed by atoms with Crippen molar-refractivity contribution in [1.82, 2.24) is 0 Å². The van der Waals surface area contributed by atoms with Crippen molar-refractivity contribution in [3.8, 4) is 5.75 Å². The van der Waals surface area contributed by atoms with Gasteiger partial charge in [0.25, 0.3) is 10.1 Å². The van der Waals surface area contributed by atoms with E-state index in [9.17, 15) is 41.6 Å². The van der Waals surface area contributed by atoms with Crippen LogP contribution in [0.25, 0.3) is 0 Å². The number of hydrazone groups is 1. The fourth-order valence-corrected chi connectivity index (χ4v) is 3.99. The van der Waals surface area contributed by atoms with Gasteiger partial charge in [0.15, 0.2) is 0 Å². The maximum atomic E-state index is 11.6. The van der Waals surface area contributed by atoms with Crippen molar-refractivity contribution in [2.75, 3.05) is 5.43 Å². The van der Waals surface area contributed by atoms with Crippen LogP contribution in [0, 0.1) is 6.92 Å². The summed E-state index contributed by atoms with van der Waals surface area (Å²) < 4.78 is 60.6. The Morgan fingerprint density at radius 2 is 1.58 bits per heavy atom. The highest BCUT2D eigenvalue weighted by atomic mass is 32.3. The van der Waals surface area contributed by atoms with Crippen LogP contribution in [-0.2, 0) is 10.1 Å². The van der Waals surface area contributed by atoms with E-state index >= 15 is 0 Å². The molecule has 0 aliphatic heterocycles. The van der Waals surface area contributed by atoms with Crippen LogP contribution in [0.15, 0.2) is 85.8 Å². The van der Waals surface area contributed by atoms with E-state index in [1.165, 1.54) is 6.92 Å². The Labute approximate surface area is 206 Å². The topological polar surface area (TPSA) is 222 Å². The summed E-state index contributed by atoms with van der Waals surface area (Å²) in [4.78, 5) is 10.7. The summed E-state index contributed by atoms with van der Waals surface area (Å²) >= 11 is 0. The number of amidine groups is 1. The van der Waals surface area contributed by atoms with E-state index in [0.717, 1.165) is 30.3 Å². The number of aryl methyl sites for hydroxylation is 1. The molecule has 0 saturated carbocycles. The fraction of sp³-hybridized carbons (Fsp3) is 0.0476. The average Bonchev–Trinajstić information content (AvgIpc) is 2.80. The highest BCUT2D eigenvalue weighted by Crippen LogP contribution is 2.44. The number of carboxylic acid groups (broad SMARTS) is 1. The molecule has 0 aromatic heterocycles. The van der Waals surface area contributed by atoms with Gasteiger partial charge in [0.05, 0.1) is 21.0 Å². The standard InChI is InChI=1S/C21H20N4O9S2/c1-12-9-15(36(32,33)34)11-18(19(12)26)23-25-20(13-5-3-2-4-6-13)24-22-17-8-7-14(35(29,30)31)10-16(17)21(27)28/h2-11,23,26,29-31H,1H3,(H,27,28)(H,32,33,34). The molecule has 13 nitrogen and oxygen atoms in total. The number of azo groups is 1. The maximum Gasteiger partial charge on any atom is 0.338 e. The number of phenols is 1. The van der Waals surface area contributed by atoms with Crippen molar-refractivity contribution in [1.29, 1.82) is 0 Å². The van der Waals surface area contributed by atoms with Crippen LogP contribution >= 0.6 is 10.9 Å². The summed E-state index contributed by atoms with van der Waals surface area (Å²) in [6.07, 6.45) is 0. The highest BCUT2D eigenvalue weighted by Gasteiger charge is 2.20. The third-order valence-corrected chi connectivity index (χ3v) is 6.37. The van der Waals surface area contributed by atoms with Crippen LogP contribution in [0.5, 0.6) is 5.75 Å². The molecule has 0 unspecified atom stereocenters. The lowest BCUT2D eigenvalue weighted by Crippen LogP contribution is -2.04. The second kappa shape index (κ2) is 10.4. The molecule has 0 fully saturated rings. The SMILES string of the molecule is Cc1cc(S(=O)(=O)O)cc(NN=C(N=Nc2ccc(S(O)(O)O)cc2C(=O)O)c2ccccc2)c1O. The maximum absolute atomic E-state index is 11.6. The first-order chi connectivity index (χ1) is 16.8. The third kappa shape index (κ3) is 6.42. The highest BCUT2D eigenvalue weighted by molar-refractivity contribution is 8.19. The summed E-state index contributed by atoms with van der Waals surface area (Å²) in [6.45, 7) is 1.41. The predicted octanol–water partition coefficient (Wildman–Crippen LogP) is 4.79. The zero-order valence-corrected chi connectivity index (χ0v) is 20.0. The Morgan fingerprint density at radius 3 is 2.17 bits per heavy atom. The molecule has 0 radical (unpaired) electrons. The van der Waals surface area contributed by atoms with E-state index in [2.05, 4.69) is 20.8 Å². The van der Waals surface area contributed by atoms with E-state index in [4.69, 9.17) is 0 Å². The van der Waals surface area contributed by atoms with Crippen LogP contribution in [0.1, 0.15) is 21.5 Å². The van der Waals surface area contributed by atoms with E-state index in [-0.39, 0.29) is 28.5 Å². The summed E-state index contributed by atoms with van der Waals surface area (Å²) in [5.41, 5.74) is 2.13. The summed E-state index contributed by atoms with van der Waals surface area (Å²) in [7, 11) is -8.74. The van der Waals surface area contributed by atoms with Gasteiger partial charge >= 0.3 is 5.97 Å². The number of aromatic hydroxyl groups is 1. The number of carbonyl (C=O) groups is 1. The van der Waals surface area contributed by atoms with Crippen molar-refractivity contribution in [2.45, 2.75) is 16.7 Å². The van der Waals surface area contributed by atoms with Crippen LogP contribution in [0.3, 0.4) is 0 Å². The number of phenolic OH excluding ortho intramolecular Hbond substituents is 1. The lowest BCUT2D eigenvalue weighted by molar-refractivity contribution is 0.0697. The normalized spacial score (nSPS) is 13.1. The summed E-state index contributed by atoms with van der Waals surface area (Å²) in [5.74, 6) is -1.94. The molecule has 0 aliphatic carbocycles. The number of aromatic carboxylic acids is 1. The molecule has 3 rings (SSSR count). The van der Waals surface area contributed by atoms with Gasteiger partial charge in [-0.05, 0) is 42.8 Å². The number of carboxylic acids is 1. The van der Waals surface area contributed by atoms with Gasteiger partial charge in [0.2, 0.25) is 5.84 Å². The minimum atomic E-state index is -4.58. The van der Waals surface area contributed by atoms with Gasteiger partial charge in [0, 0.05) is 5.56 Å². The van der Waals surface area contributed by atoms with Crippen molar-refractivity contribution in [2.24, 2.45) is 15.3 Å². The van der Waals surface area contributed by atoms with Gasteiger partial charge in [-0.2, -0.15) is 13.5 Å². The van der Waals surface area contributed by atoms with Crippen LogP contribution in [0.2, 0.25) is 0 Å². The Bertz CT molecular complexity index is 1470. The molecule has 0 amide bonds. The molecular weight excluding hydrogens is 516 g/mol. The van der Waals surface area contributed by atoms with Gasteiger partial charge in [-0.1, -0.05) is 30.3 Å². The zero-order chi connectivity index (χ0) is 26.7. The minimum Gasteiger partial charge on any atom is -0.505 e. The smallest absolute Gasteiger partial charge is 0.338 e. The van der Waals surface area contributed by atoms with Gasteiger partial charge < -0.3 is 23.9 Å². The average molecular weight is 537 g/mol. The summed E-state index contributed by atoms with van der Waals surface area (Å²) in [5, 5.41) is 31.6. The molecule has 0 saturated heterocycles. The molecule has 36 heavy (non-hydrogen) atoms. The number of rotatable bonds is 7. The van der Waals surface area contributed by atoms with E-state index in [1.807, 2.05) is 0 Å². The van der Waals surface area contributed by atoms with Crippen molar-refractivity contribution in [3.05, 3.63) is 77.4 Å². The molecule has 0 spiro atoms. The fourth-order valence-electron chi connectivity index (χ4n) is 2.87. The van der Waals surface area contributed by atoms with E-state index in [1.54, 1.807) is 30.3 Å². The second-order valence-corrected chi connectivity index (χ2v) is 10.2. The first-order valence-corrected chi connectivity index (χ1v) is 12.7. The Balaban J connectivity index is 2.06. The lowest BCUT2D eigenvalue weighted by atomic mass is 10.2. The van der Waals surface area contributed by atoms with Crippen LogP contribution in [0.4, 0.5) is 11.4 Å². The predicted molar refractivity (Wildman–Crippen MR) is 131 cm³/mol. The first kappa shape index (κ1) is 26.7. The number of hydrogen-bond donors (Lipinski definition) is 7. The Morgan fingerprint density at radius 1 is 0.917 bits per heavy atom. The number of anilines is 1. The second-order valence-electron chi connectivity index (χ2n) is 7.23. The minimum absolute atomic E-state index is 0.114. The molecule has 7 N–H and O–H groups in total. The van der Waals surface area contributed by atoms with Gasteiger partial charge in [-0.15, -0.1) is 10.2 Å². The number of nitrogens with zero attached hydrogens (tertiary/aromatic N) is 3. The van der Waals surface area contributed by atoms with Crippen molar-refractivity contribution in [3.63, 3.8) is 0 Å². The molecule has 190 valence electrons. The first-order valence-electron chi connectivity index (χ1n) is 9.77. The third-order valence-electron chi connectivity index (χ3n) is 4.65. The van der Waals surface area contributed by atoms with Gasteiger partial charge in [-0.25, -0.2) is 4.79 Å².